The van der Waals surface area contributed by atoms with E-state index in [0.717, 1.165) is 30.9 Å². The molecule has 1 fully saturated rings. The summed E-state index contributed by atoms with van der Waals surface area (Å²) in [5.41, 5.74) is 6.99. The van der Waals surface area contributed by atoms with E-state index in [2.05, 4.69) is 16.0 Å². The summed E-state index contributed by atoms with van der Waals surface area (Å²) >= 11 is 0. The van der Waals surface area contributed by atoms with E-state index in [1.54, 1.807) is 7.11 Å². The fraction of sp³-hybridized carbons (Fsp3) is 0.583. The molecule has 0 radical (unpaired) electrons. The second-order valence-electron chi connectivity index (χ2n) is 4.33. The number of hydrogen-bond acceptors (Lipinski definition) is 4. The summed E-state index contributed by atoms with van der Waals surface area (Å²) in [5.74, 6) is 1.01. The van der Waals surface area contributed by atoms with Gasteiger partial charge in [-0.25, -0.2) is 4.98 Å². The molecule has 1 aromatic rings. The first kappa shape index (κ1) is 11.4. The second-order valence-corrected chi connectivity index (χ2v) is 4.33. The van der Waals surface area contributed by atoms with Gasteiger partial charge in [0.15, 0.2) is 0 Å². The molecule has 1 aromatic heterocycles. The Balaban J connectivity index is 2.12. The zero-order chi connectivity index (χ0) is 11.5. The van der Waals surface area contributed by atoms with Gasteiger partial charge < -0.3 is 15.4 Å². The Labute approximate surface area is 96.4 Å². The molecule has 2 atom stereocenters. The Morgan fingerprint density at radius 1 is 1.62 bits per heavy atom. The lowest BCUT2D eigenvalue weighted by Gasteiger charge is -2.18. The Morgan fingerprint density at radius 2 is 2.44 bits per heavy atom. The van der Waals surface area contributed by atoms with Gasteiger partial charge in [-0.05, 0) is 31.0 Å². The molecular weight excluding hydrogens is 202 g/mol. The first-order chi connectivity index (χ1) is 7.70. The molecule has 4 heteroatoms. The monoisotopic (exact) mass is 221 g/mol. The fourth-order valence-electron chi connectivity index (χ4n) is 2.02. The predicted octanol–water partition coefficient (Wildman–Crippen LogP) is 1.33. The number of hydrogen-bond donors (Lipinski definition) is 1. The van der Waals surface area contributed by atoms with Crippen molar-refractivity contribution in [3.63, 3.8) is 0 Å². The van der Waals surface area contributed by atoms with E-state index in [-0.39, 0.29) is 6.04 Å². The third kappa shape index (κ3) is 2.33. The molecule has 0 bridgehead atoms. The van der Waals surface area contributed by atoms with Crippen molar-refractivity contribution in [3.8, 4) is 0 Å². The van der Waals surface area contributed by atoms with Gasteiger partial charge in [-0.3, -0.25) is 0 Å². The highest BCUT2D eigenvalue weighted by atomic mass is 16.5. The Bertz CT molecular complexity index is 354. The van der Waals surface area contributed by atoms with Crippen LogP contribution in [0.2, 0.25) is 0 Å². The van der Waals surface area contributed by atoms with Gasteiger partial charge in [-0.15, -0.1) is 0 Å². The van der Waals surface area contributed by atoms with Crippen molar-refractivity contribution in [1.29, 1.82) is 0 Å². The first-order valence-electron chi connectivity index (χ1n) is 5.70. The third-order valence-electron chi connectivity index (χ3n) is 3.10. The van der Waals surface area contributed by atoms with Gasteiger partial charge in [0.1, 0.15) is 5.82 Å². The van der Waals surface area contributed by atoms with E-state index < -0.39 is 0 Å². The molecule has 4 nitrogen and oxygen atoms in total. The first-order valence-corrected chi connectivity index (χ1v) is 5.70. The van der Waals surface area contributed by atoms with Gasteiger partial charge in [-0.1, -0.05) is 0 Å². The van der Waals surface area contributed by atoms with Crippen LogP contribution in [-0.2, 0) is 4.74 Å². The summed E-state index contributed by atoms with van der Waals surface area (Å²) in [6, 6.07) is 4.10. The second kappa shape index (κ2) is 4.80. The molecule has 0 spiro atoms. The normalized spacial score (nSPS) is 22.4. The van der Waals surface area contributed by atoms with E-state index in [1.165, 1.54) is 0 Å². The predicted molar refractivity (Wildman–Crippen MR) is 64.5 cm³/mol. The van der Waals surface area contributed by atoms with Gasteiger partial charge in [0.05, 0.1) is 6.10 Å². The molecule has 1 saturated heterocycles. The maximum atomic E-state index is 5.86. The van der Waals surface area contributed by atoms with E-state index >= 15 is 0 Å². The molecule has 0 aliphatic carbocycles. The van der Waals surface area contributed by atoms with Gasteiger partial charge >= 0.3 is 0 Å². The van der Waals surface area contributed by atoms with Crippen LogP contribution in [0.15, 0.2) is 18.3 Å². The van der Waals surface area contributed by atoms with Crippen LogP contribution < -0.4 is 10.6 Å². The Kier molecular flexibility index (Phi) is 3.41. The number of ether oxygens (including phenoxy) is 1. The number of methoxy groups -OCH3 is 1. The van der Waals surface area contributed by atoms with Gasteiger partial charge in [-0.2, -0.15) is 0 Å². The lowest BCUT2D eigenvalue weighted by atomic mass is 10.1. The van der Waals surface area contributed by atoms with Crippen molar-refractivity contribution in [2.45, 2.75) is 25.5 Å². The van der Waals surface area contributed by atoms with E-state index in [4.69, 9.17) is 10.5 Å². The van der Waals surface area contributed by atoms with Gasteiger partial charge in [0.2, 0.25) is 0 Å². The molecule has 1 aliphatic heterocycles. The maximum Gasteiger partial charge on any atom is 0.128 e. The molecule has 1 unspecified atom stereocenters. The van der Waals surface area contributed by atoms with E-state index in [0.29, 0.717) is 6.10 Å². The van der Waals surface area contributed by atoms with Crippen molar-refractivity contribution in [1.82, 2.24) is 4.98 Å². The van der Waals surface area contributed by atoms with Crippen LogP contribution in [-0.4, -0.2) is 31.3 Å². The maximum absolute atomic E-state index is 5.86. The molecule has 0 aromatic carbocycles. The smallest absolute Gasteiger partial charge is 0.128 e. The van der Waals surface area contributed by atoms with Crippen molar-refractivity contribution < 1.29 is 4.74 Å². The molecule has 16 heavy (non-hydrogen) atoms. The van der Waals surface area contributed by atoms with Crippen LogP contribution in [0.4, 0.5) is 5.82 Å². The van der Waals surface area contributed by atoms with Crippen LogP contribution in [0.1, 0.15) is 24.9 Å². The Morgan fingerprint density at radius 3 is 3.06 bits per heavy atom. The lowest BCUT2D eigenvalue weighted by molar-refractivity contribution is 0.121. The number of aromatic nitrogens is 1. The summed E-state index contributed by atoms with van der Waals surface area (Å²) < 4.78 is 5.35. The van der Waals surface area contributed by atoms with Crippen LogP contribution >= 0.6 is 0 Å². The summed E-state index contributed by atoms with van der Waals surface area (Å²) in [5, 5.41) is 0. The van der Waals surface area contributed by atoms with Crippen molar-refractivity contribution in [2.75, 3.05) is 25.1 Å². The van der Waals surface area contributed by atoms with E-state index in [9.17, 15) is 0 Å². The molecule has 88 valence electrons. The van der Waals surface area contributed by atoms with Crippen LogP contribution in [0.25, 0.3) is 0 Å². The molecule has 1 aliphatic rings. The fourth-order valence-corrected chi connectivity index (χ4v) is 2.02. The summed E-state index contributed by atoms with van der Waals surface area (Å²) in [6.45, 7) is 3.92. The minimum atomic E-state index is 0.0579. The van der Waals surface area contributed by atoms with Crippen molar-refractivity contribution >= 4 is 5.82 Å². The topological polar surface area (TPSA) is 51.4 Å². The lowest BCUT2D eigenvalue weighted by Crippen LogP contribution is -2.23. The zero-order valence-corrected chi connectivity index (χ0v) is 9.89. The summed E-state index contributed by atoms with van der Waals surface area (Å²) in [6.07, 6.45) is 3.23. The molecule has 2 rings (SSSR count). The number of rotatable bonds is 3. The summed E-state index contributed by atoms with van der Waals surface area (Å²) in [7, 11) is 1.76. The number of nitrogens with zero attached hydrogens (tertiary/aromatic N) is 2. The molecule has 2 heterocycles. The van der Waals surface area contributed by atoms with Crippen LogP contribution in [0.3, 0.4) is 0 Å². The molecule has 0 saturated carbocycles. The molecule has 2 N–H and O–H groups in total. The minimum Gasteiger partial charge on any atom is -0.380 e. The van der Waals surface area contributed by atoms with Crippen LogP contribution in [0, 0.1) is 0 Å². The Hall–Kier alpha value is -1.13. The number of anilines is 1. The highest BCUT2D eigenvalue weighted by Crippen LogP contribution is 2.21. The SMILES string of the molecule is COC1CCN(c2cc([C@H](C)N)ccn2)C1. The van der Waals surface area contributed by atoms with E-state index in [1.807, 2.05) is 19.2 Å². The zero-order valence-electron chi connectivity index (χ0n) is 9.89. The molecular formula is C12H19N3O. The van der Waals surface area contributed by atoms with Crippen LogP contribution in [0.5, 0.6) is 0 Å². The average Bonchev–Trinajstić information content (AvgIpc) is 2.77. The minimum absolute atomic E-state index is 0.0579. The largest absolute Gasteiger partial charge is 0.380 e. The van der Waals surface area contributed by atoms with Gasteiger partial charge in [0.25, 0.3) is 0 Å². The standard InChI is InChI=1S/C12H19N3O/c1-9(13)10-3-5-14-12(7-10)15-6-4-11(8-15)16-2/h3,5,7,9,11H,4,6,8,13H2,1-2H3/t9-,11?/m0/s1. The van der Waals surface area contributed by atoms with Gasteiger partial charge in [0, 0.05) is 32.4 Å². The van der Waals surface area contributed by atoms with Crippen molar-refractivity contribution in [2.24, 2.45) is 5.73 Å². The number of nitrogens with two attached hydrogens (primary N) is 1. The summed E-state index contributed by atoms with van der Waals surface area (Å²) in [4.78, 5) is 6.64. The third-order valence-corrected chi connectivity index (χ3v) is 3.10. The quantitative estimate of drug-likeness (QED) is 0.836. The average molecular weight is 221 g/mol. The highest BCUT2D eigenvalue weighted by molar-refractivity contribution is 5.43. The highest BCUT2D eigenvalue weighted by Gasteiger charge is 2.23. The number of pyridine rings is 1. The van der Waals surface area contributed by atoms with Crippen molar-refractivity contribution in [3.05, 3.63) is 23.9 Å². The molecule has 0 amide bonds.